The lowest BCUT2D eigenvalue weighted by atomic mass is 9.86. The summed E-state index contributed by atoms with van der Waals surface area (Å²) < 4.78 is 11.8. The van der Waals surface area contributed by atoms with Gasteiger partial charge < -0.3 is 25.2 Å². The van der Waals surface area contributed by atoms with Crippen LogP contribution in [0.5, 0.6) is 0 Å². The van der Waals surface area contributed by atoms with Gasteiger partial charge in [-0.15, -0.1) is 0 Å². The SMILES string of the molecule is CC1CCC2(CC1)OCC(CNC(=O)NCCC(=O)O)O2. The molecule has 1 saturated heterocycles. The van der Waals surface area contributed by atoms with Gasteiger partial charge in [-0.3, -0.25) is 4.79 Å². The number of carboxylic acids is 1. The molecule has 1 atom stereocenters. The number of hydrogen-bond acceptors (Lipinski definition) is 4. The van der Waals surface area contributed by atoms with Crippen LogP contribution in [0, 0.1) is 5.92 Å². The van der Waals surface area contributed by atoms with E-state index in [1.165, 1.54) is 0 Å². The Morgan fingerprint density at radius 3 is 2.67 bits per heavy atom. The fourth-order valence-electron chi connectivity index (χ4n) is 2.73. The van der Waals surface area contributed by atoms with Crippen molar-refractivity contribution in [2.75, 3.05) is 19.7 Å². The first-order valence-electron chi connectivity index (χ1n) is 7.54. The van der Waals surface area contributed by atoms with E-state index in [-0.39, 0.29) is 25.1 Å². The fraction of sp³-hybridized carbons (Fsp3) is 0.857. The van der Waals surface area contributed by atoms with Crippen LogP contribution in [0.2, 0.25) is 0 Å². The lowest BCUT2D eigenvalue weighted by molar-refractivity contribution is -0.191. The minimum absolute atomic E-state index is 0.0856. The predicted octanol–water partition coefficient (Wildman–Crippen LogP) is 1.08. The van der Waals surface area contributed by atoms with Gasteiger partial charge in [0.2, 0.25) is 0 Å². The van der Waals surface area contributed by atoms with E-state index in [4.69, 9.17) is 14.6 Å². The summed E-state index contributed by atoms with van der Waals surface area (Å²) in [5.41, 5.74) is 0. The molecule has 1 aliphatic carbocycles. The summed E-state index contributed by atoms with van der Waals surface area (Å²) in [6.45, 7) is 3.22. The number of carbonyl (C=O) groups excluding carboxylic acids is 1. The van der Waals surface area contributed by atoms with E-state index in [9.17, 15) is 9.59 Å². The van der Waals surface area contributed by atoms with E-state index in [2.05, 4.69) is 17.6 Å². The standard InChI is InChI=1S/C14H24N2O5/c1-10-2-5-14(6-3-10)20-9-11(21-14)8-16-13(19)15-7-4-12(17)18/h10-11H,2-9H2,1H3,(H,17,18)(H2,15,16,19). The number of aliphatic carboxylic acids is 1. The van der Waals surface area contributed by atoms with E-state index in [1.807, 2.05) is 0 Å². The first-order chi connectivity index (χ1) is 9.99. The number of nitrogens with one attached hydrogen (secondary N) is 2. The van der Waals surface area contributed by atoms with Gasteiger partial charge in [0, 0.05) is 25.9 Å². The van der Waals surface area contributed by atoms with Crippen molar-refractivity contribution in [3.63, 3.8) is 0 Å². The molecule has 3 N–H and O–H groups in total. The molecule has 7 heteroatoms. The smallest absolute Gasteiger partial charge is 0.314 e. The maximum atomic E-state index is 11.5. The Bertz CT molecular complexity index is 380. The van der Waals surface area contributed by atoms with Crippen molar-refractivity contribution in [2.45, 2.75) is 50.9 Å². The van der Waals surface area contributed by atoms with Crippen LogP contribution in [0.1, 0.15) is 39.0 Å². The number of carboxylic acid groups (broad SMARTS) is 1. The highest BCUT2D eigenvalue weighted by molar-refractivity contribution is 5.74. The van der Waals surface area contributed by atoms with Gasteiger partial charge in [-0.05, 0) is 18.8 Å². The Labute approximate surface area is 124 Å². The molecule has 2 fully saturated rings. The molecule has 0 aromatic carbocycles. The van der Waals surface area contributed by atoms with Crippen LogP contribution >= 0.6 is 0 Å². The van der Waals surface area contributed by atoms with Gasteiger partial charge in [0.05, 0.1) is 13.0 Å². The van der Waals surface area contributed by atoms with Crippen LogP contribution in [0.25, 0.3) is 0 Å². The quantitative estimate of drug-likeness (QED) is 0.706. The third kappa shape index (κ3) is 4.86. The van der Waals surface area contributed by atoms with Crippen molar-refractivity contribution in [1.82, 2.24) is 10.6 Å². The van der Waals surface area contributed by atoms with Crippen LogP contribution < -0.4 is 10.6 Å². The second-order valence-electron chi connectivity index (χ2n) is 5.92. The molecule has 1 aliphatic heterocycles. The summed E-state index contributed by atoms with van der Waals surface area (Å²) in [7, 11) is 0. The summed E-state index contributed by atoms with van der Waals surface area (Å²) in [6.07, 6.45) is 3.82. The maximum Gasteiger partial charge on any atom is 0.314 e. The first-order valence-corrected chi connectivity index (χ1v) is 7.54. The van der Waals surface area contributed by atoms with E-state index < -0.39 is 11.8 Å². The van der Waals surface area contributed by atoms with Crippen molar-refractivity contribution in [3.8, 4) is 0 Å². The Morgan fingerprint density at radius 1 is 1.29 bits per heavy atom. The average Bonchev–Trinajstić information content (AvgIpc) is 2.83. The van der Waals surface area contributed by atoms with Crippen molar-refractivity contribution in [2.24, 2.45) is 5.92 Å². The molecule has 120 valence electrons. The number of carbonyl (C=O) groups is 2. The molecule has 1 saturated carbocycles. The number of rotatable bonds is 5. The lowest BCUT2D eigenvalue weighted by Crippen LogP contribution is -2.42. The van der Waals surface area contributed by atoms with E-state index in [1.54, 1.807) is 0 Å². The van der Waals surface area contributed by atoms with Crippen molar-refractivity contribution < 1.29 is 24.2 Å². The Morgan fingerprint density at radius 2 is 2.00 bits per heavy atom. The zero-order valence-electron chi connectivity index (χ0n) is 12.4. The first kappa shape index (κ1) is 16.0. The molecule has 0 radical (unpaired) electrons. The number of urea groups is 1. The Hall–Kier alpha value is -1.34. The molecular formula is C14H24N2O5. The Kier molecular flexibility index (Phi) is 5.41. The van der Waals surface area contributed by atoms with Gasteiger partial charge in [0.1, 0.15) is 6.10 Å². The van der Waals surface area contributed by atoms with Crippen molar-refractivity contribution in [3.05, 3.63) is 0 Å². The molecule has 7 nitrogen and oxygen atoms in total. The molecule has 1 heterocycles. The van der Waals surface area contributed by atoms with E-state index in [0.29, 0.717) is 13.2 Å². The average molecular weight is 300 g/mol. The van der Waals surface area contributed by atoms with Gasteiger partial charge in [0.25, 0.3) is 0 Å². The molecule has 0 bridgehead atoms. The largest absolute Gasteiger partial charge is 0.481 e. The summed E-state index contributed by atoms with van der Waals surface area (Å²) in [5, 5.41) is 13.6. The van der Waals surface area contributed by atoms with Crippen LogP contribution in [0.4, 0.5) is 4.79 Å². The number of hydrogen-bond donors (Lipinski definition) is 3. The topological polar surface area (TPSA) is 96.9 Å². The molecule has 2 rings (SSSR count). The second-order valence-corrected chi connectivity index (χ2v) is 5.92. The molecule has 21 heavy (non-hydrogen) atoms. The van der Waals surface area contributed by atoms with Crippen LogP contribution in [0.3, 0.4) is 0 Å². The van der Waals surface area contributed by atoms with Gasteiger partial charge in [0.15, 0.2) is 5.79 Å². The molecule has 2 aliphatic rings. The number of ether oxygens (including phenoxy) is 2. The molecule has 2 amide bonds. The third-order valence-corrected chi connectivity index (χ3v) is 4.06. The predicted molar refractivity (Wildman–Crippen MR) is 74.8 cm³/mol. The highest BCUT2D eigenvalue weighted by atomic mass is 16.7. The van der Waals surface area contributed by atoms with E-state index in [0.717, 1.165) is 31.6 Å². The minimum Gasteiger partial charge on any atom is -0.481 e. The molecule has 0 aromatic heterocycles. The van der Waals surface area contributed by atoms with Gasteiger partial charge >= 0.3 is 12.0 Å². The maximum absolute atomic E-state index is 11.5. The van der Waals surface area contributed by atoms with Crippen LogP contribution in [-0.4, -0.2) is 48.7 Å². The van der Waals surface area contributed by atoms with Gasteiger partial charge in [-0.2, -0.15) is 0 Å². The number of amides is 2. The van der Waals surface area contributed by atoms with Crippen molar-refractivity contribution in [1.29, 1.82) is 0 Å². The molecule has 0 aromatic rings. The van der Waals surface area contributed by atoms with Crippen LogP contribution in [-0.2, 0) is 14.3 Å². The second kappa shape index (κ2) is 7.09. The van der Waals surface area contributed by atoms with E-state index >= 15 is 0 Å². The van der Waals surface area contributed by atoms with Crippen LogP contribution in [0.15, 0.2) is 0 Å². The fourth-order valence-corrected chi connectivity index (χ4v) is 2.73. The summed E-state index contributed by atoms with van der Waals surface area (Å²) >= 11 is 0. The highest BCUT2D eigenvalue weighted by Crippen LogP contribution is 2.39. The summed E-state index contributed by atoms with van der Waals surface area (Å²) in [5.74, 6) is -0.658. The van der Waals surface area contributed by atoms with Crippen molar-refractivity contribution >= 4 is 12.0 Å². The molecule has 1 spiro atoms. The Balaban J connectivity index is 1.64. The van der Waals surface area contributed by atoms with Gasteiger partial charge in [-0.1, -0.05) is 6.92 Å². The third-order valence-electron chi connectivity index (χ3n) is 4.06. The summed E-state index contributed by atoms with van der Waals surface area (Å²) in [6, 6.07) is -0.377. The minimum atomic E-state index is -0.934. The molecule has 1 unspecified atom stereocenters. The normalized spacial score (nSPS) is 32.0. The zero-order valence-corrected chi connectivity index (χ0v) is 12.4. The summed E-state index contributed by atoms with van der Waals surface area (Å²) in [4.78, 5) is 21.8. The highest BCUT2D eigenvalue weighted by Gasteiger charge is 2.43. The molecular weight excluding hydrogens is 276 g/mol. The lowest BCUT2D eigenvalue weighted by Gasteiger charge is -2.34. The monoisotopic (exact) mass is 300 g/mol. The zero-order chi connectivity index (χ0) is 15.3. The van der Waals surface area contributed by atoms with Gasteiger partial charge in [-0.25, -0.2) is 4.79 Å².